The van der Waals surface area contributed by atoms with E-state index in [4.69, 9.17) is 16.0 Å². The Morgan fingerprint density at radius 2 is 1.76 bits per heavy atom. The van der Waals surface area contributed by atoms with Gasteiger partial charge in [0.05, 0.1) is 16.1 Å². The standard InChI is InChI=1S/C17H14ClN3O4/c18-12-6-2-1-5-11(12)16(23)20-19-15(22)9-10-21-13-7-3-4-8-14(13)25-17(21)24/h1-8H,9-10H2,(H,19,22)(H,20,23). The Labute approximate surface area is 147 Å². The van der Waals surface area contributed by atoms with Gasteiger partial charge in [0.2, 0.25) is 5.91 Å². The highest BCUT2D eigenvalue weighted by atomic mass is 35.5. The predicted octanol–water partition coefficient (Wildman–Crippen LogP) is 2.10. The van der Waals surface area contributed by atoms with Crippen LogP contribution in [0, 0.1) is 0 Å². The first-order chi connectivity index (χ1) is 12.1. The number of aromatic nitrogens is 1. The Balaban J connectivity index is 1.58. The molecule has 7 nitrogen and oxygen atoms in total. The first-order valence-electron chi connectivity index (χ1n) is 7.48. The van der Waals surface area contributed by atoms with Crippen molar-refractivity contribution < 1.29 is 14.0 Å². The zero-order valence-corrected chi connectivity index (χ0v) is 13.7. The summed E-state index contributed by atoms with van der Waals surface area (Å²) < 4.78 is 6.46. The first kappa shape index (κ1) is 16.8. The molecule has 0 aliphatic rings. The van der Waals surface area contributed by atoms with Crippen molar-refractivity contribution in [2.24, 2.45) is 0 Å². The molecule has 0 bridgehead atoms. The van der Waals surface area contributed by atoms with Crippen LogP contribution in [0.15, 0.2) is 57.7 Å². The van der Waals surface area contributed by atoms with E-state index in [0.29, 0.717) is 11.1 Å². The number of nitrogens with one attached hydrogen (secondary N) is 2. The zero-order chi connectivity index (χ0) is 17.8. The minimum atomic E-state index is -0.533. The van der Waals surface area contributed by atoms with Crippen LogP contribution < -0.4 is 16.6 Å². The third kappa shape index (κ3) is 3.72. The molecule has 2 amide bonds. The fraction of sp³-hybridized carbons (Fsp3) is 0.118. The molecule has 0 saturated heterocycles. The summed E-state index contributed by atoms with van der Waals surface area (Å²) in [6, 6.07) is 13.4. The molecule has 8 heteroatoms. The minimum Gasteiger partial charge on any atom is -0.408 e. The van der Waals surface area contributed by atoms with E-state index in [9.17, 15) is 14.4 Å². The Kier molecular flexibility index (Phi) is 4.85. The van der Waals surface area contributed by atoms with Crippen LogP contribution in [-0.4, -0.2) is 16.4 Å². The van der Waals surface area contributed by atoms with Crippen molar-refractivity contribution >= 4 is 34.5 Å². The molecule has 0 aliphatic heterocycles. The number of hydrazine groups is 1. The van der Waals surface area contributed by atoms with E-state index in [1.54, 1.807) is 48.5 Å². The van der Waals surface area contributed by atoms with Crippen molar-refractivity contribution in [2.75, 3.05) is 0 Å². The molecule has 2 aromatic carbocycles. The van der Waals surface area contributed by atoms with Crippen LogP contribution >= 0.6 is 11.6 Å². The Morgan fingerprint density at radius 3 is 2.56 bits per heavy atom. The maximum atomic E-state index is 12.0. The summed E-state index contributed by atoms with van der Waals surface area (Å²) in [5, 5.41) is 0.283. The number of rotatable bonds is 4. The fourth-order valence-corrected chi connectivity index (χ4v) is 2.56. The van der Waals surface area contributed by atoms with E-state index in [-0.39, 0.29) is 23.6 Å². The molecule has 25 heavy (non-hydrogen) atoms. The van der Waals surface area contributed by atoms with Gasteiger partial charge in [-0.15, -0.1) is 0 Å². The third-order valence-electron chi connectivity index (χ3n) is 3.57. The number of benzene rings is 2. The summed E-state index contributed by atoms with van der Waals surface area (Å²) >= 11 is 5.91. The highest BCUT2D eigenvalue weighted by Gasteiger charge is 2.12. The average molecular weight is 360 g/mol. The van der Waals surface area contributed by atoms with E-state index in [2.05, 4.69) is 10.9 Å². The van der Waals surface area contributed by atoms with Gasteiger partial charge < -0.3 is 4.42 Å². The Morgan fingerprint density at radius 1 is 1.04 bits per heavy atom. The number of nitrogens with zero attached hydrogens (tertiary/aromatic N) is 1. The van der Waals surface area contributed by atoms with Crippen molar-refractivity contribution in [2.45, 2.75) is 13.0 Å². The predicted molar refractivity (Wildman–Crippen MR) is 92.2 cm³/mol. The third-order valence-corrected chi connectivity index (χ3v) is 3.90. The van der Waals surface area contributed by atoms with Crippen molar-refractivity contribution in [1.29, 1.82) is 0 Å². The van der Waals surface area contributed by atoms with Crippen LogP contribution in [0.2, 0.25) is 5.02 Å². The molecule has 0 aliphatic carbocycles. The van der Waals surface area contributed by atoms with E-state index >= 15 is 0 Å². The van der Waals surface area contributed by atoms with Gasteiger partial charge >= 0.3 is 5.76 Å². The molecule has 0 radical (unpaired) electrons. The molecule has 0 spiro atoms. The molecule has 1 heterocycles. The number of para-hydroxylation sites is 2. The lowest BCUT2D eigenvalue weighted by molar-refractivity contribution is -0.122. The lowest BCUT2D eigenvalue weighted by Gasteiger charge is -2.08. The highest BCUT2D eigenvalue weighted by molar-refractivity contribution is 6.33. The summed E-state index contributed by atoms with van der Waals surface area (Å²) in [7, 11) is 0. The van der Waals surface area contributed by atoms with Gasteiger partial charge in [-0.3, -0.25) is 25.0 Å². The maximum Gasteiger partial charge on any atom is 0.419 e. The second-order valence-corrected chi connectivity index (χ2v) is 5.63. The quantitative estimate of drug-likeness (QED) is 0.697. The van der Waals surface area contributed by atoms with E-state index in [1.807, 2.05) is 0 Å². The van der Waals surface area contributed by atoms with Crippen molar-refractivity contribution in [3.63, 3.8) is 0 Å². The summed E-state index contributed by atoms with van der Waals surface area (Å²) in [6.45, 7) is 0.129. The van der Waals surface area contributed by atoms with Crippen LogP contribution in [0.3, 0.4) is 0 Å². The van der Waals surface area contributed by atoms with E-state index in [1.165, 1.54) is 4.57 Å². The molecule has 3 rings (SSSR count). The number of carbonyl (C=O) groups excluding carboxylic acids is 2. The molecular formula is C17H14ClN3O4. The lowest BCUT2D eigenvalue weighted by atomic mass is 10.2. The van der Waals surface area contributed by atoms with E-state index < -0.39 is 17.6 Å². The number of oxazole rings is 1. The topological polar surface area (TPSA) is 93.3 Å². The zero-order valence-electron chi connectivity index (χ0n) is 13.0. The molecule has 0 saturated carbocycles. The van der Waals surface area contributed by atoms with Gasteiger partial charge in [0, 0.05) is 13.0 Å². The number of halogens is 1. The highest BCUT2D eigenvalue weighted by Crippen LogP contribution is 2.14. The largest absolute Gasteiger partial charge is 0.419 e. The average Bonchev–Trinajstić information content (AvgIpc) is 2.93. The van der Waals surface area contributed by atoms with Crippen molar-refractivity contribution in [1.82, 2.24) is 15.4 Å². The molecular weight excluding hydrogens is 346 g/mol. The van der Waals surface area contributed by atoms with Gasteiger partial charge in [-0.25, -0.2) is 4.79 Å². The number of fused-ring (bicyclic) bond motifs is 1. The number of hydrogen-bond donors (Lipinski definition) is 2. The van der Waals surface area contributed by atoms with Gasteiger partial charge in [-0.1, -0.05) is 35.9 Å². The van der Waals surface area contributed by atoms with E-state index in [0.717, 1.165) is 0 Å². The molecule has 1 aromatic heterocycles. The van der Waals surface area contributed by atoms with Crippen LogP contribution in [0.5, 0.6) is 0 Å². The molecule has 3 aromatic rings. The van der Waals surface area contributed by atoms with Crippen LogP contribution in [0.25, 0.3) is 11.1 Å². The van der Waals surface area contributed by atoms with Gasteiger partial charge in [0.25, 0.3) is 5.91 Å². The molecule has 0 fully saturated rings. The molecule has 2 N–H and O–H groups in total. The van der Waals surface area contributed by atoms with Gasteiger partial charge in [-0.2, -0.15) is 0 Å². The normalized spacial score (nSPS) is 10.6. The number of hydrogen-bond acceptors (Lipinski definition) is 4. The second-order valence-electron chi connectivity index (χ2n) is 5.22. The number of aryl methyl sites for hydroxylation is 1. The fourth-order valence-electron chi connectivity index (χ4n) is 2.34. The van der Waals surface area contributed by atoms with Gasteiger partial charge in [0.15, 0.2) is 5.58 Å². The summed E-state index contributed by atoms with van der Waals surface area (Å²) in [5.74, 6) is -1.50. The molecule has 128 valence electrons. The Bertz CT molecular complexity index is 993. The maximum absolute atomic E-state index is 12.0. The second kappa shape index (κ2) is 7.23. The lowest BCUT2D eigenvalue weighted by Crippen LogP contribution is -2.42. The molecule has 0 atom stereocenters. The van der Waals surface area contributed by atoms with Gasteiger partial charge in [-0.05, 0) is 24.3 Å². The van der Waals surface area contributed by atoms with Crippen LogP contribution in [0.4, 0.5) is 0 Å². The SMILES string of the molecule is O=C(CCn1c(=O)oc2ccccc21)NNC(=O)c1ccccc1Cl. The van der Waals surface area contributed by atoms with Gasteiger partial charge in [0.1, 0.15) is 0 Å². The summed E-state index contributed by atoms with van der Waals surface area (Å²) in [5.41, 5.74) is 5.90. The Hall–Kier alpha value is -3.06. The number of amides is 2. The van der Waals surface area contributed by atoms with Crippen molar-refractivity contribution in [3.8, 4) is 0 Å². The smallest absolute Gasteiger partial charge is 0.408 e. The monoisotopic (exact) mass is 359 g/mol. The summed E-state index contributed by atoms with van der Waals surface area (Å²) in [6.07, 6.45) is -0.00770. The number of carbonyl (C=O) groups is 2. The summed E-state index contributed by atoms with van der Waals surface area (Å²) in [4.78, 5) is 35.7. The van der Waals surface area contributed by atoms with Crippen LogP contribution in [0.1, 0.15) is 16.8 Å². The minimum absolute atomic E-state index is 0.00770. The van der Waals surface area contributed by atoms with Crippen LogP contribution in [-0.2, 0) is 11.3 Å². The van der Waals surface area contributed by atoms with Crippen molar-refractivity contribution in [3.05, 3.63) is 69.7 Å². The first-order valence-corrected chi connectivity index (χ1v) is 7.86. The molecule has 0 unspecified atom stereocenters.